The van der Waals surface area contributed by atoms with E-state index in [-0.39, 0.29) is 12.0 Å². The monoisotopic (exact) mass is 270 g/mol. The minimum absolute atomic E-state index is 0.0107. The number of carbonyl (C=O) groups excluding carboxylic acids is 1. The van der Waals surface area contributed by atoms with E-state index in [0.29, 0.717) is 30.9 Å². The Morgan fingerprint density at radius 3 is 2.70 bits per heavy atom. The summed E-state index contributed by atoms with van der Waals surface area (Å²) in [6.07, 6.45) is 0.0781. The molecule has 0 aliphatic carbocycles. The van der Waals surface area contributed by atoms with Gasteiger partial charge in [-0.3, -0.25) is 4.79 Å². The predicted octanol–water partition coefficient (Wildman–Crippen LogP) is 2.28. The van der Waals surface area contributed by atoms with Gasteiger partial charge in [0.2, 0.25) is 0 Å². The molecule has 1 amide bonds. The van der Waals surface area contributed by atoms with Crippen LogP contribution in [-0.4, -0.2) is 36.6 Å². The second-order valence-electron chi connectivity index (χ2n) is 5.22. The average Bonchev–Trinajstić information content (AvgIpc) is 2.46. The first kappa shape index (κ1) is 12.9. The van der Waals surface area contributed by atoms with E-state index in [1.165, 1.54) is 0 Å². The second kappa shape index (κ2) is 5.13. The molecule has 0 aromatic heterocycles. The van der Waals surface area contributed by atoms with Gasteiger partial charge in [0.15, 0.2) is 0 Å². The summed E-state index contributed by atoms with van der Waals surface area (Å²) in [7, 11) is 0. The van der Waals surface area contributed by atoms with Crippen molar-refractivity contribution in [1.29, 1.82) is 0 Å². The highest BCUT2D eigenvalue weighted by molar-refractivity contribution is 6.03. The van der Waals surface area contributed by atoms with Gasteiger partial charge in [-0.05, 0) is 29.8 Å². The fourth-order valence-electron chi connectivity index (χ4n) is 2.62. The molecular formula is C16H18N2O2. The first-order valence-corrected chi connectivity index (χ1v) is 6.84. The van der Waals surface area contributed by atoms with Gasteiger partial charge in [0, 0.05) is 18.8 Å². The highest BCUT2D eigenvalue weighted by atomic mass is 16.5. The molecule has 2 aromatic carbocycles. The van der Waals surface area contributed by atoms with Gasteiger partial charge < -0.3 is 15.4 Å². The molecular weight excluding hydrogens is 252 g/mol. The number of hydrogen-bond donors (Lipinski definition) is 1. The quantitative estimate of drug-likeness (QED) is 0.809. The molecule has 20 heavy (non-hydrogen) atoms. The minimum Gasteiger partial charge on any atom is -0.398 e. The summed E-state index contributed by atoms with van der Waals surface area (Å²) >= 11 is 0. The Morgan fingerprint density at radius 1 is 1.30 bits per heavy atom. The SMILES string of the molecule is CC1CN(C(=O)c2cc3ccccc3cc2N)CCO1. The number of benzene rings is 2. The Labute approximate surface area is 118 Å². The van der Waals surface area contributed by atoms with Crippen LogP contribution in [0.1, 0.15) is 17.3 Å². The third kappa shape index (κ3) is 2.34. The van der Waals surface area contributed by atoms with Gasteiger partial charge in [0.05, 0.1) is 18.3 Å². The van der Waals surface area contributed by atoms with Crippen LogP contribution >= 0.6 is 0 Å². The standard InChI is InChI=1S/C16H18N2O2/c1-11-10-18(6-7-20-11)16(19)14-8-12-4-2-3-5-13(12)9-15(14)17/h2-5,8-9,11H,6-7,10,17H2,1H3. The molecule has 2 aromatic rings. The van der Waals surface area contributed by atoms with Gasteiger partial charge >= 0.3 is 0 Å². The van der Waals surface area contributed by atoms with Crippen LogP contribution in [0.3, 0.4) is 0 Å². The highest BCUT2D eigenvalue weighted by Crippen LogP contribution is 2.23. The lowest BCUT2D eigenvalue weighted by Gasteiger charge is -2.31. The Balaban J connectivity index is 1.96. The van der Waals surface area contributed by atoms with Crippen LogP contribution in [0.5, 0.6) is 0 Å². The molecule has 1 heterocycles. The van der Waals surface area contributed by atoms with E-state index in [9.17, 15) is 4.79 Å². The van der Waals surface area contributed by atoms with Crippen molar-refractivity contribution in [2.75, 3.05) is 25.4 Å². The summed E-state index contributed by atoms with van der Waals surface area (Å²) in [5.74, 6) is -0.0107. The maximum absolute atomic E-state index is 12.6. The lowest BCUT2D eigenvalue weighted by atomic mass is 10.0. The third-order valence-electron chi connectivity index (χ3n) is 3.68. The van der Waals surface area contributed by atoms with Crippen molar-refractivity contribution < 1.29 is 9.53 Å². The fourth-order valence-corrected chi connectivity index (χ4v) is 2.62. The average molecular weight is 270 g/mol. The number of nitrogens with two attached hydrogens (primary N) is 1. The molecule has 1 fully saturated rings. The smallest absolute Gasteiger partial charge is 0.256 e. The molecule has 1 saturated heterocycles. The molecule has 4 nitrogen and oxygen atoms in total. The van der Waals surface area contributed by atoms with Crippen LogP contribution in [0.4, 0.5) is 5.69 Å². The first-order valence-electron chi connectivity index (χ1n) is 6.84. The largest absolute Gasteiger partial charge is 0.398 e. The number of morpholine rings is 1. The van der Waals surface area contributed by atoms with Crippen molar-refractivity contribution in [2.24, 2.45) is 0 Å². The van der Waals surface area contributed by atoms with Crippen LogP contribution in [0.2, 0.25) is 0 Å². The van der Waals surface area contributed by atoms with Crippen LogP contribution in [0.15, 0.2) is 36.4 Å². The lowest BCUT2D eigenvalue weighted by molar-refractivity contribution is -0.0123. The number of anilines is 1. The first-order chi connectivity index (χ1) is 9.65. The summed E-state index contributed by atoms with van der Waals surface area (Å²) in [6, 6.07) is 11.7. The minimum atomic E-state index is -0.0107. The highest BCUT2D eigenvalue weighted by Gasteiger charge is 2.24. The molecule has 0 radical (unpaired) electrons. The van der Waals surface area contributed by atoms with Gasteiger partial charge in [-0.2, -0.15) is 0 Å². The molecule has 0 spiro atoms. The van der Waals surface area contributed by atoms with Crippen LogP contribution in [-0.2, 0) is 4.74 Å². The number of fused-ring (bicyclic) bond motifs is 1. The van der Waals surface area contributed by atoms with E-state index in [1.807, 2.05) is 48.2 Å². The van der Waals surface area contributed by atoms with Gasteiger partial charge in [-0.15, -0.1) is 0 Å². The molecule has 0 bridgehead atoms. The number of amides is 1. The van der Waals surface area contributed by atoms with Gasteiger partial charge in [0.25, 0.3) is 5.91 Å². The van der Waals surface area contributed by atoms with Crippen LogP contribution in [0.25, 0.3) is 10.8 Å². The van der Waals surface area contributed by atoms with E-state index >= 15 is 0 Å². The number of carbonyl (C=O) groups is 1. The summed E-state index contributed by atoms with van der Waals surface area (Å²) < 4.78 is 5.47. The Hall–Kier alpha value is -2.07. The van der Waals surface area contributed by atoms with E-state index in [0.717, 1.165) is 10.8 Å². The van der Waals surface area contributed by atoms with Gasteiger partial charge in [-0.25, -0.2) is 0 Å². The maximum atomic E-state index is 12.6. The van der Waals surface area contributed by atoms with Crippen molar-refractivity contribution >= 4 is 22.4 Å². The molecule has 1 aliphatic rings. The summed E-state index contributed by atoms with van der Waals surface area (Å²) in [4.78, 5) is 14.4. The molecule has 1 aliphatic heterocycles. The molecule has 4 heteroatoms. The van der Waals surface area contributed by atoms with Gasteiger partial charge in [0.1, 0.15) is 0 Å². The van der Waals surface area contributed by atoms with Crippen LogP contribution < -0.4 is 5.73 Å². The molecule has 3 rings (SSSR count). The van der Waals surface area contributed by atoms with Crippen molar-refractivity contribution in [3.63, 3.8) is 0 Å². The summed E-state index contributed by atoms with van der Waals surface area (Å²) in [6.45, 7) is 3.80. The molecule has 0 saturated carbocycles. The number of hydrogen-bond acceptors (Lipinski definition) is 3. The number of ether oxygens (including phenoxy) is 1. The van der Waals surface area contributed by atoms with Crippen molar-refractivity contribution in [3.8, 4) is 0 Å². The lowest BCUT2D eigenvalue weighted by Crippen LogP contribution is -2.44. The van der Waals surface area contributed by atoms with Crippen molar-refractivity contribution in [3.05, 3.63) is 42.0 Å². The number of nitrogen functional groups attached to an aromatic ring is 1. The van der Waals surface area contributed by atoms with E-state index in [4.69, 9.17) is 10.5 Å². The number of rotatable bonds is 1. The van der Waals surface area contributed by atoms with Crippen LogP contribution in [0, 0.1) is 0 Å². The normalized spacial score (nSPS) is 19.2. The molecule has 104 valence electrons. The van der Waals surface area contributed by atoms with Gasteiger partial charge in [-0.1, -0.05) is 24.3 Å². The summed E-state index contributed by atoms with van der Waals surface area (Å²) in [5, 5.41) is 2.09. The zero-order chi connectivity index (χ0) is 14.1. The summed E-state index contributed by atoms with van der Waals surface area (Å²) in [5.41, 5.74) is 7.17. The number of nitrogens with zero attached hydrogens (tertiary/aromatic N) is 1. The molecule has 1 unspecified atom stereocenters. The molecule has 1 atom stereocenters. The topological polar surface area (TPSA) is 55.6 Å². The zero-order valence-electron chi connectivity index (χ0n) is 11.5. The fraction of sp³-hybridized carbons (Fsp3) is 0.312. The third-order valence-corrected chi connectivity index (χ3v) is 3.68. The van der Waals surface area contributed by atoms with E-state index in [1.54, 1.807) is 0 Å². The Bertz CT molecular complexity index is 654. The molecule has 2 N–H and O–H groups in total. The Kier molecular flexibility index (Phi) is 3.32. The Morgan fingerprint density at radius 2 is 2.00 bits per heavy atom. The van der Waals surface area contributed by atoms with Crippen molar-refractivity contribution in [1.82, 2.24) is 4.90 Å². The zero-order valence-corrected chi connectivity index (χ0v) is 11.5. The maximum Gasteiger partial charge on any atom is 0.256 e. The predicted molar refractivity (Wildman–Crippen MR) is 79.7 cm³/mol. The van der Waals surface area contributed by atoms with E-state index in [2.05, 4.69) is 0 Å². The second-order valence-corrected chi connectivity index (χ2v) is 5.22. The van der Waals surface area contributed by atoms with Crippen molar-refractivity contribution in [2.45, 2.75) is 13.0 Å². The van der Waals surface area contributed by atoms with E-state index < -0.39 is 0 Å².